The molecule has 0 N–H and O–H groups in total. The van der Waals surface area contributed by atoms with E-state index in [4.69, 9.17) is 8.83 Å². The molecule has 234 valence electrons. The van der Waals surface area contributed by atoms with Crippen molar-refractivity contribution in [3.63, 3.8) is 0 Å². The monoisotopic (exact) mass is 658 g/mol. The molecule has 0 bridgehead atoms. The average molecular weight is 659 g/mol. The molecule has 3 nitrogen and oxygen atoms in total. The quantitative estimate of drug-likeness (QED) is 0.177. The molecule has 0 fully saturated rings. The summed E-state index contributed by atoms with van der Waals surface area (Å²) in [6, 6.07) is 56.0. The first-order valence-electron chi connectivity index (χ1n) is 16.9. The zero-order valence-corrected chi connectivity index (χ0v) is 27.7. The smallest absolute Gasteiger partial charge is 0.178 e. The van der Waals surface area contributed by atoms with Crippen molar-refractivity contribution in [3.8, 4) is 0 Å². The minimum absolute atomic E-state index is 0.643. The van der Waals surface area contributed by atoms with E-state index in [2.05, 4.69) is 109 Å². The van der Waals surface area contributed by atoms with Crippen LogP contribution in [-0.4, -0.2) is 0 Å². The van der Waals surface area contributed by atoms with Gasteiger partial charge in [0.25, 0.3) is 0 Å². The van der Waals surface area contributed by atoms with E-state index in [1.54, 1.807) is 0 Å². The Bertz CT molecular complexity index is 3040. The topological polar surface area (TPSA) is 43.4 Å². The lowest BCUT2D eigenvalue weighted by Crippen LogP contribution is -2.26. The Labute approximate surface area is 286 Å². The Morgan fingerprint density at radius 3 is 1.20 bits per heavy atom. The highest BCUT2D eigenvalue weighted by Gasteiger charge is 2.37. The van der Waals surface area contributed by atoms with Gasteiger partial charge in [0.1, 0.15) is 22.3 Å². The van der Waals surface area contributed by atoms with E-state index < -0.39 is 7.14 Å². The number of furan rings is 2. The van der Waals surface area contributed by atoms with Gasteiger partial charge in [0.15, 0.2) is 7.14 Å². The van der Waals surface area contributed by atoms with Crippen LogP contribution in [0.15, 0.2) is 173 Å². The SMILES string of the molecule is O=P(c1ccccc1)(c1cc2ccccc2c2c1oc1cc3ccccc3cc12)c1cc2ccccc2c2c1oc1cc3ccccc3cc12. The van der Waals surface area contributed by atoms with E-state index in [0.717, 1.165) is 81.1 Å². The first-order valence-corrected chi connectivity index (χ1v) is 18.6. The van der Waals surface area contributed by atoms with Crippen LogP contribution in [0.2, 0.25) is 0 Å². The van der Waals surface area contributed by atoms with Crippen molar-refractivity contribution in [2.45, 2.75) is 0 Å². The third-order valence-electron chi connectivity index (χ3n) is 10.4. The maximum atomic E-state index is 16.8. The molecule has 0 aliphatic heterocycles. The van der Waals surface area contributed by atoms with Gasteiger partial charge in [0, 0.05) is 26.8 Å². The molecule has 11 aromatic rings. The molecule has 0 spiro atoms. The van der Waals surface area contributed by atoms with Gasteiger partial charge in [-0.1, -0.05) is 127 Å². The molecule has 0 aliphatic rings. The molecule has 9 aromatic carbocycles. The van der Waals surface area contributed by atoms with Gasteiger partial charge in [-0.3, -0.25) is 0 Å². The Hall–Kier alpha value is -6.15. The summed E-state index contributed by atoms with van der Waals surface area (Å²) >= 11 is 0. The molecule has 0 saturated carbocycles. The number of hydrogen-bond acceptors (Lipinski definition) is 3. The minimum atomic E-state index is -3.68. The Balaban J connectivity index is 1.35. The fourth-order valence-corrected chi connectivity index (χ4v) is 11.0. The molecule has 0 amide bonds. The van der Waals surface area contributed by atoms with Crippen molar-refractivity contribution >= 4 is 110 Å². The van der Waals surface area contributed by atoms with Crippen molar-refractivity contribution in [2.24, 2.45) is 0 Å². The largest absolute Gasteiger partial charge is 0.455 e. The zero-order chi connectivity index (χ0) is 33.0. The third kappa shape index (κ3) is 3.78. The van der Waals surface area contributed by atoms with Gasteiger partial charge in [-0.05, 0) is 79.5 Å². The van der Waals surface area contributed by atoms with Crippen LogP contribution in [-0.2, 0) is 4.57 Å². The molecule has 2 aromatic heterocycles. The maximum absolute atomic E-state index is 16.8. The predicted molar refractivity (Wildman–Crippen MR) is 210 cm³/mol. The van der Waals surface area contributed by atoms with Crippen molar-refractivity contribution in [3.05, 3.63) is 164 Å². The van der Waals surface area contributed by atoms with Gasteiger partial charge >= 0.3 is 0 Å². The van der Waals surface area contributed by atoms with Crippen LogP contribution < -0.4 is 15.9 Å². The summed E-state index contributed by atoms with van der Waals surface area (Å²) in [5.74, 6) is 0. The molecule has 50 heavy (non-hydrogen) atoms. The van der Waals surface area contributed by atoms with Crippen molar-refractivity contribution < 1.29 is 13.4 Å². The average Bonchev–Trinajstić information content (AvgIpc) is 3.73. The van der Waals surface area contributed by atoms with Gasteiger partial charge in [0.2, 0.25) is 0 Å². The Morgan fingerprint density at radius 2 is 0.740 bits per heavy atom. The number of benzene rings is 9. The van der Waals surface area contributed by atoms with Crippen molar-refractivity contribution in [2.75, 3.05) is 0 Å². The molecule has 0 aliphatic carbocycles. The van der Waals surface area contributed by atoms with Crippen LogP contribution in [0.5, 0.6) is 0 Å². The number of fused-ring (bicyclic) bond motifs is 12. The number of hydrogen-bond donors (Lipinski definition) is 0. The summed E-state index contributed by atoms with van der Waals surface area (Å²) in [6.07, 6.45) is 0. The van der Waals surface area contributed by atoms with Crippen LogP contribution in [0.3, 0.4) is 0 Å². The molecule has 0 radical (unpaired) electrons. The van der Waals surface area contributed by atoms with Gasteiger partial charge in [-0.2, -0.15) is 0 Å². The summed E-state index contributed by atoms with van der Waals surface area (Å²) < 4.78 is 30.6. The number of rotatable bonds is 3. The second-order valence-corrected chi connectivity index (χ2v) is 15.9. The van der Waals surface area contributed by atoms with E-state index in [0.29, 0.717) is 21.8 Å². The first kappa shape index (κ1) is 27.8. The van der Waals surface area contributed by atoms with Gasteiger partial charge in [0.05, 0.1) is 10.6 Å². The van der Waals surface area contributed by atoms with Crippen molar-refractivity contribution in [1.82, 2.24) is 0 Å². The van der Waals surface area contributed by atoms with E-state index in [1.165, 1.54) is 0 Å². The summed E-state index contributed by atoms with van der Waals surface area (Å²) in [5, 5.41) is 14.6. The fraction of sp³-hybridized carbons (Fsp3) is 0. The molecular weight excluding hydrogens is 631 g/mol. The molecule has 0 saturated heterocycles. The van der Waals surface area contributed by atoms with Crippen LogP contribution in [0.1, 0.15) is 0 Å². The van der Waals surface area contributed by atoms with E-state index in [-0.39, 0.29) is 0 Å². The lowest BCUT2D eigenvalue weighted by molar-refractivity contribution is 0.591. The third-order valence-corrected chi connectivity index (χ3v) is 13.5. The minimum Gasteiger partial charge on any atom is -0.455 e. The van der Waals surface area contributed by atoms with Crippen LogP contribution in [0.25, 0.3) is 87.0 Å². The molecular formula is C46H27O3P. The van der Waals surface area contributed by atoms with Crippen LogP contribution in [0, 0.1) is 0 Å². The second kappa shape index (κ2) is 10.2. The van der Waals surface area contributed by atoms with Gasteiger partial charge in [-0.25, -0.2) is 0 Å². The molecule has 2 heterocycles. The second-order valence-electron chi connectivity index (χ2n) is 13.2. The summed E-state index contributed by atoms with van der Waals surface area (Å²) in [6.45, 7) is 0. The molecule has 0 atom stereocenters. The Kier molecular flexibility index (Phi) is 5.65. The lowest BCUT2D eigenvalue weighted by Gasteiger charge is -2.22. The maximum Gasteiger partial charge on any atom is 0.178 e. The normalized spacial score (nSPS) is 12.5. The highest BCUT2D eigenvalue weighted by molar-refractivity contribution is 7.86. The van der Waals surface area contributed by atoms with E-state index >= 15 is 4.57 Å². The molecule has 0 unspecified atom stereocenters. The predicted octanol–water partition coefficient (Wildman–Crippen LogP) is 11.7. The summed E-state index contributed by atoms with van der Waals surface area (Å²) in [7, 11) is -3.68. The summed E-state index contributed by atoms with van der Waals surface area (Å²) in [5.41, 5.74) is 2.83. The van der Waals surface area contributed by atoms with Gasteiger partial charge < -0.3 is 13.4 Å². The standard InChI is InChI=1S/C46H27O3P/c47-50(34-18-2-1-3-19-34,41-26-32-16-8-10-20-35(32)43-37-22-28-12-4-6-14-30(28)24-39(37)48-45(41)43)42-27-33-17-9-11-21-36(33)44-38-23-29-13-5-7-15-31(29)25-40(38)49-46(42)44/h1-27H. The first-order chi connectivity index (χ1) is 24.6. The highest BCUT2D eigenvalue weighted by Crippen LogP contribution is 2.51. The van der Waals surface area contributed by atoms with Crippen LogP contribution >= 0.6 is 7.14 Å². The fourth-order valence-electron chi connectivity index (χ4n) is 8.10. The highest BCUT2D eigenvalue weighted by atomic mass is 31.2. The lowest BCUT2D eigenvalue weighted by atomic mass is 10.0. The molecule has 4 heteroatoms. The Morgan fingerprint density at radius 1 is 0.360 bits per heavy atom. The van der Waals surface area contributed by atoms with E-state index in [9.17, 15) is 0 Å². The van der Waals surface area contributed by atoms with Crippen LogP contribution in [0.4, 0.5) is 0 Å². The van der Waals surface area contributed by atoms with Crippen molar-refractivity contribution in [1.29, 1.82) is 0 Å². The molecule has 11 rings (SSSR count). The van der Waals surface area contributed by atoms with E-state index in [1.807, 2.05) is 54.6 Å². The van der Waals surface area contributed by atoms with Gasteiger partial charge in [-0.15, -0.1) is 0 Å². The zero-order valence-electron chi connectivity index (χ0n) is 26.8. The summed E-state index contributed by atoms with van der Waals surface area (Å²) in [4.78, 5) is 0.